The number of rotatable bonds is 2. The van der Waals surface area contributed by atoms with E-state index in [0.717, 1.165) is 11.6 Å². The van der Waals surface area contributed by atoms with Crippen LogP contribution in [0.5, 0.6) is 23.0 Å². The molecule has 2 aromatic carbocycles. The first-order valence-corrected chi connectivity index (χ1v) is 9.31. The second-order valence-electron chi connectivity index (χ2n) is 8.07. The number of phenolic OH excluding ortho intramolecular Hbond substituents is 3. The Labute approximate surface area is 167 Å². The van der Waals surface area contributed by atoms with E-state index in [1.54, 1.807) is 12.2 Å². The predicted molar refractivity (Wildman–Crippen MR) is 112 cm³/mol. The number of aromatic hydroxyl groups is 3. The summed E-state index contributed by atoms with van der Waals surface area (Å²) in [5.74, 6) is -0.471. The van der Waals surface area contributed by atoms with E-state index in [4.69, 9.17) is 9.15 Å². The van der Waals surface area contributed by atoms with Gasteiger partial charge < -0.3 is 24.5 Å². The number of phenols is 3. The largest absolute Gasteiger partial charge is 0.508 e. The van der Waals surface area contributed by atoms with Crippen LogP contribution in [0.4, 0.5) is 0 Å². The molecule has 0 spiro atoms. The van der Waals surface area contributed by atoms with Gasteiger partial charge in [-0.25, -0.2) is 0 Å². The Morgan fingerprint density at radius 1 is 1.14 bits per heavy atom. The van der Waals surface area contributed by atoms with Crippen molar-refractivity contribution in [2.45, 2.75) is 39.7 Å². The van der Waals surface area contributed by atoms with E-state index in [-0.39, 0.29) is 44.9 Å². The van der Waals surface area contributed by atoms with Crippen molar-refractivity contribution in [1.29, 1.82) is 0 Å². The van der Waals surface area contributed by atoms with Crippen LogP contribution in [0.15, 0.2) is 39.1 Å². The molecule has 0 saturated carbocycles. The lowest BCUT2D eigenvalue weighted by Crippen LogP contribution is -2.28. The maximum absolute atomic E-state index is 13.4. The van der Waals surface area contributed by atoms with Crippen LogP contribution < -0.4 is 10.2 Å². The van der Waals surface area contributed by atoms with Crippen molar-refractivity contribution in [3.8, 4) is 23.0 Å². The fraction of sp³-hybridized carbons (Fsp3) is 0.261. The number of hydrogen-bond acceptors (Lipinski definition) is 6. The minimum absolute atomic E-state index is 0.0328. The monoisotopic (exact) mass is 394 g/mol. The van der Waals surface area contributed by atoms with Gasteiger partial charge in [0.05, 0.1) is 5.39 Å². The van der Waals surface area contributed by atoms with Gasteiger partial charge in [0, 0.05) is 23.3 Å². The van der Waals surface area contributed by atoms with Crippen LogP contribution in [0.2, 0.25) is 0 Å². The first-order valence-electron chi connectivity index (χ1n) is 9.31. The lowest BCUT2D eigenvalue weighted by atomic mass is 9.94. The van der Waals surface area contributed by atoms with Gasteiger partial charge in [-0.2, -0.15) is 0 Å². The molecule has 6 heteroatoms. The quantitative estimate of drug-likeness (QED) is 0.428. The van der Waals surface area contributed by atoms with Crippen molar-refractivity contribution in [3.63, 3.8) is 0 Å². The van der Waals surface area contributed by atoms with Crippen molar-refractivity contribution < 1.29 is 24.5 Å². The third-order valence-electron chi connectivity index (χ3n) is 4.98. The van der Waals surface area contributed by atoms with Crippen LogP contribution in [0, 0.1) is 0 Å². The Hall–Kier alpha value is -3.41. The van der Waals surface area contributed by atoms with Crippen LogP contribution in [0.25, 0.3) is 28.0 Å². The molecule has 4 rings (SSSR count). The zero-order chi connectivity index (χ0) is 21.1. The van der Waals surface area contributed by atoms with E-state index < -0.39 is 11.0 Å². The Morgan fingerprint density at radius 2 is 1.86 bits per heavy atom. The summed E-state index contributed by atoms with van der Waals surface area (Å²) in [6, 6.07) is 2.37. The summed E-state index contributed by atoms with van der Waals surface area (Å²) in [5, 5.41) is 31.2. The van der Waals surface area contributed by atoms with Gasteiger partial charge in [0.2, 0.25) is 5.43 Å². The maximum Gasteiger partial charge on any atom is 0.205 e. The highest BCUT2D eigenvalue weighted by Gasteiger charge is 2.30. The van der Waals surface area contributed by atoms with E-state index in [2.05, 4.69) is 0 Å². The van der Waals surface area contributed by atoms with E-state index >= 15 is 0 Å². The smallest absolute Gasteiger partial charge is 0.205 e. The minimum Gasteiger partial charge on any atom is -0.508 e. The molecule has 3 aromatic rings. The third kappa shape index (κ3) is 3.01. The van der Waals surface area contributed by atoms with Crippen LogP contribution in [-0.4, -0.2) is 20.9 Å². The molecule has 1 aliphatic heterocycles. The normalized spacial score (nSPS) is 14.6. The Kier molecular flexibility index (Phi) is 4.12. The standard InChI is InChI=1S/C23H22O6/c1-11(2)5-6-14-19(26)22-13(7-8-23(3,4)29-22)17-20(27)18-15(25)9-12(24)10-16(18)28-21(14)17/h5,7-10,24-26H,6H2,1-4H3. The van der Waals surface area contributed by atoms with Gasteiger partial charge in [-0.1, -0.05) is 17.7 Å². The summed E-state index contributed by atoms with van der Waals surface area (Å²) in [5.41, 5.74) is 0.981. The van der Waals surface area contributed by atoms with Crippen LogP contribution in [0.3, 0.4) is 0 Å². The van der Waals surface area contributed by atoms with Crippen molar-refractivity contribution in [2.75, 3.05) is 0 Å². The van der Waals surface area contributed by atoms with E-state index in [9.17, 15) is 20.1 Å². The lowest BCUT2D eigenvalue weighted by Gasteiger charge is -2.29. The molecule has 0 amide bonds. The fourth-order valence-corrected chi connectivity index (χ4v) is 3.57. The van der Waals surface area contributed by atoms with Gasteiger partial charge in [0.1, 0.15) is 33.7 Å². The van der Waals surface area contributed by atoms with Crippen LogP contribution in [0.1, 0.15) is 38.8 Å². The summed E-state index contributed by atoms with van der Waals surface area (Å²) in [4.78, 5) is 13.4. The van der Waals surface area contributed by atoms with Gasteiger partial charge >= 0.3 is 0 Å². The highest BCUT2D eigenvalue weighted by atomic mass is 16.5. The molecular weight excluding hydrogens is 372 g/mol. The topological polar surface area (TPSA) is 100 Å². The van der Waals surface area contributed by atoms with Gasteiger partial charge in [-0.15, -0.1) is 0 Å². The SMILES string of the molecule is CC(C)=CCc1c(O)c2c(c3c(=O)c4c(O)cc(O)cc4oc13)C=CC(C)(C)O2. The second-order valence-corrected chi connectivity index (χ2v) is 8.07. The molecule has 0 aliphatic carbocycles. The van der Waals surface area contributed by atoms with Crippen molar-refractivity contribution >= 4 is 28.0 Å². The van der Waals surface area contributed by atoms with E-state index in [0.29, 0.717) is 17.5 Å². The summed E-state index contributed by atoms with van der Waals surface area (Å²) in [7, 11) is 0. The maximum atomic E-state index is 13.4. The minimum atomic E-state index is -0.656. The lowest BCUT2D eigenvalue weighted by molar-refractivity contribution is 0.153. The number of benzene rings is 2. The van der Waals surface area contributed by atoms with E-state index in [1.165, 1.54) is 6.07 Å². The van der Waals surface area contributed by atoms with Crippen molar-refractivity contribution in [3.05, 3.63) is 51.2 Å². The molecule has 3 N–H and O–H groups in total. The van der Waals surface area contributed by atoms with E-state index in [1.807, 2.05) is 33.8 Å². The third-order valence-corrected chi connectivity index (χ3v) is 4.98. The molecule has 0 fully saturated rings. The summed E-state index contributed by atoms with van der Waals surface area (Å²) >= 11 is 0. The van der Waals surface area contributed by atoms with Gasteiger partial charge in [-0.3, -0.25) is 4.79 Å². The van der Waals surface area contributed by atoms with Gasteiger partial charge in [-0.05, 0) is 40.2 Å². The average molecular weight is 394 g/mol. The molecule has 0 radical (unpaired) electrons. The first kappa shape index (κ1) is 18.9. The fourth-order valence-electron chi connectivity index (χ4n) is 3.57. The molecule has 0 atom stereocenters. The van der Waals surface area contributed by atoms with Crippen molar-refractivity contribution in [2.24, 2.45) is 0 Å². The highest BCUT2D eigenvalue weighted by Crippen LogP contribution is 2.46. The van der Waals surface area contributed by atoms with Crippen molar-refractivity contribution in [1.82, 2.24) is 0 Å². The van der Waals surface area contributed by atoms with Crippen LogP contribution >= 0.6 is 0 Å². The zero-order valence-corrected chi connectivity index (χ0v) is 16.7. The molecule has 150 valence electrons. The molecule has 29 heavy (non-hydrogen) atoms. The summed E-state index contributed by atoms with van der Waals surface area (Å²) < 4.78 is 11.9. The Balaban J connectivity index is 2.22. The van der Waals surface area contributed by atoms with Gasteiger partial charge in [0.25, 0.3) is 0 Å². The second kappa shape index (κ2) is 6.30. The summed E-state index contributed by atoms with van der Waals surface area (Å²) in [6.07, 6.45) is 5.76. The molecular formula is C23H22O6. The first-order chi connectivity index (χ1) is 13.6. The predicted octanol–water partition coefficient (Wildman–Crippen LogP) is 4.76. The molecule has 0 saturated heterocycles. The Morgan fingerprint density at radius 3 is 2.55 bits per heavy atom. The molecule has 0 bridgehead atoms. The molecule has 1 aliphatic rings. The zero-order valence-electron chi connectivity index (χ0n) is 16.7. The number of allylic oxidation sites excluding steroid dienone is 2. The number of fused-ring (bicyclic) bond motifs is 4. The van der Waals surface area contributed by atoms with Gasteiger partial charge in [0.15, 0.2) is 11.5 Å². The average Bonchev–Trinajstić information content (AvgIpc) is 2.60. The number of hydrogen-bond donors (Lipinski definition) is 3. The van der Waals surface area contributed by atoms with Crippen LogP contribution in [-0.2, 0) is 6.42 Å². The molecule has 1 aromatic heterocycles. The molecule has 6 nitrogen and oxygen atoms in total. The molecule has 0 unspecified atom stereocenters. The summed E-state index contributed by atoms with van der Waals surface area (Å²) in [6.45, 7) is 7.57. The Bertz CT molecular complexity index is 1290. The number of ether oxygens (including phenoxy) is 1. The molecule has 2 heterocycles. The highest BCUT2D eigenvalue weighted by molar-refractivity contribution is 6.01.